The second-order valence-corrected chi connectivity index (χ2v) is 3.43. The molecule has 1 aliphatic rings. The summed E-state index contributed by atoms with van der Waals surface area (Å²) >= 11 is 1.90. The van der Waals surface area contributed by atoms with E-state index in [0.29, 0.717) is 5.37 Å². The minimum Gasteiger partial charge on any atom is -0.467 e. The van der Waals surface area contributed by atoms with Crippen LogP contribution in [0.4, 0.5) is 0 Å². The van der Waals surface area contributed by atoms with Crippen LogP contribution in [0.25, 0.3) is 0 Å². The van der Waals surface area contributed by atoms with Crippen molar-refractivity contribution in [2.24, 2.45) is 0 Å². The van der Waals surface area contributed by atoms with Crippen LogP contribution in [0.2, 0.25) is 0 Å². The quantitative estimate of drug-likeness (QED) is 0.667. The molecule has 1 aromatic rings. The lowest BCUT2D eigenvalue weighted by Gasteiger charge is -2.03. The second kappa shape index (κ2) is 2.68. The highest BCUT2D eigenvalue weighted by molar-refractivity contribution is 7.99. The van der Waals surface area contributed by atoms with Gasteiger partial charge < -0.3 is 4.42 Å². The molecule has 1 atom stereocenters. The molecule has 0 aromatic carbocycles. The Labute approximate surface area is 64.0 Å². The maximum absolute atomic E-state index is 5.23. The Morgan fingerprint density at radius 3 is 3.30 bits per heavy atom. The molecule has 10 heavy (non-hydrogen) atoms. The predicted molar refractivity (Wildman–Crippen MR) is 41.9 cm³/mol. The minimum atomic E-state index is 0.398. The molecule has 0 aliphatic carbocycles. The van der Waals surface area contributed by atoms with E-state index < -0.39 is 0 Å². The molecule has 54 valence electrons. The van der Waals surface area contributed by atoms with Crippen LogP contribution in [0, 0.1) is 0 Å². The number of nitrogens with one attached hydrogen (secondary N) is 1. The van der Waals surface area contributed by atoms with Crippen LogP contribution in [0.5, 0.6) is 0 Å². The average molecular weight is 155 g/mol. The summed E-state index contributed by atoms with van der Waals surface area (Å²) in [6.45, 7) is 1.09. The molecule has 1 N–H and O–H groups in total. The summed E-state index contributed by atoms with van der Waals surface area (Å²) in [5.41, 5.74) is 0. The van der Waals surface area contributed by atoms with Crippen molar-refractivity contribution >= 4 is 11.8 Å². The Bertz CT molecular complexity index is 191. The van der Waals surface area contributed by atoms with Crippen LogP contribution in [0.3, 0.4) is 0 Å². The fraction of sp³-hybridized carbons (Fsp3) is 0.429. The third-order valence-electron chi connectivity index (χ3n) is 1.52. The predicted octanol–water partition coefficient (Wildman–Crippen LogP) is 1.61. The lowest BCUT2D eigenvalue weighted by Crippen LogP contribution is -2.10. The van der Waals surface area contributed by atoms with Gasteiger partial charge in [0, 0.05) is 12.3 Å². The van der Waals surface area contributed by atoms with Gasteiger partial charge >= 0.3 is 0 Å². The van der Waals surface area contributed by atoms with E-state index in [0.717, 1.165) is 12.3 Å². The van der Waals surface area contributed by atoms with Crippen molar-refractivity contribution in [3.05, 3.63) is 24.2 Å². The van der Waals surface area contributed by atoms with Crippen molar-refractivity contribution < 1.29 is 4.42 Å². The van der Waals surface area contributed by atoms with E-state index in [-0.39, 0.29) is 0 Å². The molecule has 0 spiro atoms. The van der Waals surface area contributed by atoms with Crippen LogP contribution in [0.15, 0.2) is 22.8 Å². The fourth-order valence-corrected chi connectivity index (χ4v) is 2.05. The number of thioether (sulfide) groups is 1. The van der Waals surface area contributed by atoms with Gasteiger partial charge in [-0.2, -0.15) is 0 Å². The molecule has 0 radical (unpaired) electrons. The van der Waals surface area contributed by atoms with Gasteiger partial charge in [0.2, 0.25) is 0 Å². The van der Waals surface area contributed by atoms with Crippen molar-refractivity contribution in [2.75, 3.05) is 12.3 Å². The fourth-order valence-electron chi connectivity index (χ4n) is 1.05. The number of hydrogen-bond donors (Lipinski definition) is 1. The molecule has 0 bridgehead atoms. The standard InChI is InChI=1S/C7H9NOS/c1-2-6(9-4-1)7-8-3-5-10-7/h1-2,4,7-8H,3,5H2/t7-/m1/s1. The van der Waals surface area contributed by atoms with Gasteiger partial charge in [-0.25, -0.2) is 0 Å². The largest absolute Gasteiger partial charge is 0.467 e. The van der Waals surface area contributed by atoms with Crippen molar-refractivity contribution in [3.63, 3.8) is 0 Å². The zero-order valence-electron chi connectivity index (χ0n) is 5.54. The van der Waals surface area contributed by atoms with Crippen LogP contribution >= 0.6 is 11.8 Å². The van der Waals surface area contributed by atoms with Crippen molar-refractivity contribution in [1.82, 2.24) is 5.32 Å². The van der Waals surface area contributed by atoms with E-state index in [2.05, 4.69) is 5.32 Å². The van der Waals surface area contributed by atoms with Crippen molar-refractivity contribution in [3.8, 4) is 0 Å². The van der Waals surface area contributed by atoms with Gasteiger partial charge in [-0.3, -0.25) is 5.32 Å². The Morgan fingerprint density at radius 2 is 2.70 bits per heavy atom. The molecule has 1 aromatic heterocycles. The molecular weight excluding hydrogens is 146 g/mol. The third-order valence-corrected chi connectivity index (χ3v) is 2.69. The maximum Gasteiger partial charge on any atom is 0.130 e. The van der Waals surface area contributed by atoms with Gasteiger partial charge in [-0.1, -0.05) is 0 Å². The molecule has 2 nitrogen and oxygen atoms in total. The summed E-state index contributed by atoms with van der Waals surface area (Å²) in [5, 5.41) is 3.73. The van der Waals surface area contributed by atoms with E-state index >= 15 is 0 Å². The van der Waals surface area contributed by atoms with Crippen LogP contribution < -0.4 is 5.32 Å². The smallest absolute Gasteiger partial charge is 0.130 e. The first-order valence-electron chi connectivity index (χ1n) is 3.35. The van der Waals surface area contributed by atoms with E-state index in [1.165, 1.54) is 5.75 Å². The van der Waals surface area contributed by atoms with Gasteiger partial charge in [0.1, 0.15) is 11.1 Å². The zero-order valence-corrected chi connectivity index (χ0v) is 6.36. The molecule has 2 rings (SSSR count). The molecule has 0 saturated carbocycles. The normalized spacial score (nSPS) is 25.4. The van der Waals surface area contributed by atoms with Gasteiger partial charge in [0.15, 0.2) is 0 Å². The topological polar surface area (TPSA) is 25.2 Å². The summed E-state index contributed by atoms with van der Waals surface area (Å²) in [7, 11) is 0. The lowest BCUT2D eigenvalue weighted by molar-refractivity contribution is 0.488. The molecule has 1 fully saturated rings. The molecule has 1 aliphatic heterocycles. The molecule has 0 unspecified atom stereocenters. The molecule has 3 heteroatoms. The van der Waals surface area contributed by atoms with Crippen LogP contribution in [0.1, 0.15) is 11.1 Å². The number of furan rings is 1. The van der Waals surface area contributed by atoms with E-state index in [1.54, 1.807) is 6.26 Å². The maximum atomic E-state index is 5.23. The zero-order chi connectivity index (χ0) is 6.81. The first-order chi connectivity index (χ1) is 4.97. The van der Waals surface area contributed by atoms with Gasteiger partial charge in [-0.05, 0) is 12.1 Å². The highest BCUT2D eigenvalue weighted by atomic mass is 32.2. The van der Waals surface area contributed by atoms with Crippen molar-refractivity contribution in [1.29, 1.82) is 0 Å². The Hall–Kier alpha value is -0.410. The van der Waals surface area contributed by atoms with Crippen LogP contribution in [-0.2, 0) is 0 Å². The first kappa shape index (κ1) is 6.31. The Kier molecular flexibility index (Phi) is 1.69. The average Bonchev–Trinajstić information content (AvgIpc) is 2.59. The Morgan fingerprint density at radius 1 is 1.70 bits per heavy atom. The minimum absolute atomic E-state index is 0.398. The second-order valence-electron chi connectivity index (χ2n) is 2.22. The monoisotopic (exact) mass is 155 g/mol. The van der Waals surface area contributed by atoms with Crippen molar-refractivity contribution in [2.45, 2.75) is 5.37 Å². The molecular formula is C7H9NOS. The molecule has 1 saturated heterocycles. The highest BCUT2D eigenvalue weighted by Crippen LogP contribution is 2.29. The van der Waals surface area contributed by atoms with Gasteiger partial charge in [0.25, 0.3) is 0 Å². The number of hydrogen-bond acceptors (Lipinski definition) is 3. The number of rotatable bonds is 1. The summed E-state index contributed by atoms with van der Waals surface area (Å²) in [5.74, 6) is 2.23. The van der Waals surface area contributed by atoms with E-state index in [4.69, 9.17) is 4.42 Å². The molecule has 0 amide bonds. The third kappa shape index (κ3) is 1.07. The van der Waals surface area contributed by atoms with E-state index in [9.17, 15) is 0 Å². The summed E-state index contributed by atoms with van der Waals surface area (Å²) in [6.07, 6.45) is 1.72. The first-order valence-corrected chi connectivity index (χ1v) is 4.40. The Balaban J connectivity index is 2.12. The summed E-state index contributed by atoms with van der Waals surface area (Å²) in [6, 6.07) is 3.94. The lowest BCUT2D eigenvalue weighted by atomic mass is 10.4. The van der Waals surface area contributed by atoms with Gasteiger partial charge in [-0.15, -0.1) is 11.8 Å². The molecule has 2 heterocycles. The summed E-state index contributed by atoms with van der Waals surface area (Å²) in [4.78, 5) is 0. The highest BCUT2D eigenvalue weighted by Gasteiger charge is 2.18. The SMILES string of the molecule is c1coc([C@@H]2NCCS2)c1. The van der Waals surface area contributed by atoms with Gasteiger partial charge in [0.05, 0.1) is 6.26 Å². The van der Waals surface area contributed by atoms with E-state index in [1.807, 2.05) is 23.9 Å². The summed E-state index contributed by atoms with van der Waals surface area (Å²) < 4.78 is 5.23. The van der Waals surface area contributed by atoms with Crippen LogP contribution in [-0.4, -0.2) is 12.3 Å².